The molecule has 0 heterocycles. The first-order valence-electron chi connectivity index (χ1n) is 7.42. The fourth-order valence-corrected chi connectivity index (χ4v) is 1.90. The zero-order chi connectivity index (χ0) is 16.7. The van der Waals surface area contributed by atoms with E-state index >= 15 is 0 Å². The summed E-state index contributed by atoms with van der Waals surface area (Å²) in [5.74, 6) is -0.988. The highest BCUT2D eigenvalue weighted by molar-refractivity contribution is 5.97. The van der Waals surface area contributed by atoms with Crippen molar-refractivity contribution in [2.45, 2.75) is 46.6 Å². The maximum atomic E-state index is 12.0. The number of Topliss-reactive ketones (excluding diaryl/α,β-unsaturated/α-hetero) is 1. The standard InChI is InChI=1S/C17H23NO4/c1-5-18-17(21)13(4)22-16(20)9-8-15(19)14-7-6-11(2)12(3)10-14/h6-7,10,13H,5,8-9H2,1-4H3,(H,18,21)/t13-/m0/s1. The summed E-state index contributed by atoms with van der Waals surface area (Å²) in [6.45, 7) is 7.69. The van der Waals surface area contributed by atoms with E-state index in [1.807, 2.05) is 26.0 Å². The molecule has 5 heteroatoms. The van der Waals surface area contributed by atoms with E-state index in [4.69, 9.17) is 4.74 Å². The Labute approximate surface area is 131 Å². The Morgan fingerprint density at radius 3 is 2.41 bits per heavy atom. The summed E-state index contributed by atoms with van der Waals surface area (Å²) >= 11 is 0. The normalized spacial score (nSPS) is 11.6. The van der Waals surface area contributed by atoms with Crippen molar-refractivity contribution in [3.05, 3.63) is 34.9 Å². The number of carbonyl (C=O) groups is 3. The van der Waals surface area contributed by atoms with Crippen LogP contribution in [0.15, 0.2) is 18.2 Å². The number of hydrogen-bond acceptors (Lipinski definition) is 4. The zero-order valence-electron chi connectivity index (χ0n) is 13.6. The van der Waals surface area contributed by atoms with Crippen LogP contribution in [0.5, 0.6) is 0 Å². The van der Waals surface area contributed by atoms with Crippen LogP contribution in [0.2, 0.25) is 0 Å². The molecule has 120 valence electrons. The van der Waals surface area contributed by atoms with Crippen LogP contribution in [0.25, 0.3) is 0 Å². The summed E-state index contributed by atoms with van der Waals surface area (Å²) < 4.78 is 4.99. The van der Waals surface area contributed by atoms with Crippen molar-refractivity contribution in [1.82, 2.24) is 5.32 Å². The molecule has 0 aliphatic heterocycles. The molecule has 0 radical (unpaired) electrons. The van der Waals surface area contributed by atoms with Gasteiger partial charge in [-0.1, -0.05) is 12.1 Å². The summed E-state index contributed by atoms with van der Waals surface area (Å²) in [6, 6.07) is 5.46. The number of hydrogen-bond donors (Lipinski definition) is 1. The molecule has 0 bridgehead atoms. The van der Waals surface area contributed by atoms with Gasteiger partial charge < -0.3 is 10.1 Å². The van der Waals surface area contributed by atoms with Gasteiger partial charge in [0.25, 0.3) is 5.91 Å². The largest absolute Gasteiger partial charge is 0.453 e. The zero-order valence-corrected chi connectivity index (χ0v) is 13.6. The summed E-state index contributed by atoms with van der Waals surface area (Å²) in [6.07, 6.45) is -0.803. The predicted molar refractivity (Wildman–Crippen MR) is 83.7 cm³/mol. The molecule has 0 unspecified atom stereocenters. The number of benzene rings is 1. The minimum atomic E-state index is -0.843. The molecule has 0 aliphatic rings. The van der Waals surface area contributed by atoms with E-state index < -0.39 is 12.1 Å². The van der Waals surface area contributed by atoms with Gasteiger partial charge in [0, 0.05) is 18.5 Å². The first-order valence-corrected chi connectivity index (χ1v) is 7.42. The van der Waals surface area contributed by atoms with Crippen LogP contribution >= 0.6 is 0 Å². The number of ketones is 1. The van der Waals surface area contributed by atoms with Crippen LogP contribution in [0.4, 0.5) is 0 Å². The van der Waals surface area contributed by atoms with Gasteiger partial charge in [-0.2, -0.15) is 0 Å². The molecular weight excluding hydrogens is 282 g/mol. The van der Waals surface area contributed by atoms with Crippen LogP contribution in [0.3, 0.4) is 0 Å². The van der Waals surface area contributed by atoms with Crippen LogP contribution in [-0.4, -0.2) is 30.3 Å². The lowest BCUT2D eigenvalue weighted by Gasteiger charge is -2.12. The number of aryl methyl sites for hydroxylation is 2. The summed E-state index contributed by atoms with van der Waals surface area (Å²) in [5.41, 5.74) is 2.75. The average molecular weight is 305 g/mol. The fourth-order valence-electron chi connectivity index (χ4n) is 1.90. The van der Waals surface area contributed by atoms with Gasteiger partial charge in [-0.15, -0.1) is 0 Å². The topological polar surface area (TPSA) is 72.5 Å². The molecule has 1 aromatic rings. The minimum absolute atomic E-state index is 0.0322. The molecule has 1 N–H and O–H groups in total. The first kappa shape index (κ1) is 17.9. The van der Waals surface area contributed by atoms with Crippen LogP contribution in [-0.2, 0) is 14.3 Å². The highest BCUT2D eigenvalue weighted by atomic mass is 16.5. The average Bonchev–Trinajstić information content (AvgIpc) is 2.47. The number of amides is 1. The lowest BCUT2D eigenvalue weighted by Crippen LogP contribution is -2.35. The van der Waals surface area contributed by atoms with Crippen molar-refractivity contribution < 1.29 is 19.1 Å². The molecule has 1 atom stereocenters. The minimum Gasteiger partial charge on any atom is -0.453 e. The Hall–Kier alpha value is -2.17. The van der Waals surface area contributed by atoms with Crippen LogP contribution < -0.4 is 5.32 Å². The van der Waals surface area contributed by atoms with Gasteiger partial charge in [0.2, 0.25) is 0 Å². The summed E-state index contributed by atoms with van der Waals surface area (Å²) in [5, 5.41) is 2.57. The highest BCUT2D eigenvalue weighted by Crippen LogP contribution is 2.12. The number of esters is 1. The third-order valence-electron chi connectivity index (χ3n) is 3.41. The molecule has 0 saturated heterocycles. The van der Waals surface area contributed by atoms with Crippen molar-refractivity contribution in [2.75, 3.05) is 6.54 Å². The van der Waals surface area contributed by atoms with Crippen molar-refractivity contribution in [2.24, 2.45) is 0 Å². The van der Waals surface area contributed by atoms with Gasteiger partial charge in [-0.05, 0) is 44.9 Å². The Morgan fingerprint density at radius 1 is 1.14 bits per heavy atom. The van der Waals surface area contributed by atoms with Crippen molar-refractivity contribution in [3.63, 3.8) is 0 Å². The van der Waals surface area contributed by atoms with Gasteiger partial charge in [-0.25, -0.2) is 0 Å². The third-order valence-corrected chi connectivity index (χ3v) is 3.41. The monoisotopic (exact) mass is 305 g/mol. The maximum Gasteiger partial charge on any atom is 0.307 e. The number of likely N-dealkylation sites (N-methyl/N-ethyl adjacent to an activating group) is 1. The molecular formula is C17H23NO4. The van der Waals surface area contributed by atoms with Gasteiger partial charge in [0.05, 0.1) is 6.42 Å². The molecule has 0 aliphatic carbocycles. The number of rotatable bonds is 7. The quantitative estimate of drug-likeness (QED) is 0.620. The molecule has 22 heavy (non-hydrogen) atoms. The van der Waals surface area contributed by atoms with E-state index in [9.17, 15) is 14.4 Å². The van der Waals surface area contributed by atoms with E-state index in [-0.39, 0.29) is 24.5 Å². The third kappa shape index (κ3) is 5.31. The highest BCUT2D eigenvalue weighted by Gasteiger charge is 2.18. The molecule has 0 spiro atoms. The molecule has 5 nitrogen and oxygen atoms in total. The number of nitrogens with one attached hydrogen (secondary N) is 1. The second-order valence-corrected chi connectivity index (χ2v) is 5.25. The smallest absolute Gasteiger partial charge is 0.307 e. The summed E-state index contributed by atoms with van der Waals surface area (Å²) in [4.78, 5) is 35.2. The lowest BCUT2D eigenvalue weighted by molar-refractivity contribution is -0.154. The van der Waals surface area contributed by atoms with E-state index in [2.05, 4.69) is 5.32 Å². The van der Waals surface area contributed by atoms with Crippen molar-refractivity contribution in [3.8, 4) is 0 Å². The predicted octanol–water partition coefficient (Wildman–Crippen LogP) is 2.33. The maximum absolute atomic E-state index is 12.0. The molecule has 1 aromatic carbocycles. The van der Waals surface area contributed by atoms with Crippen LogP contribution in [0.1, 0.15) is 48.2 Å². The van der Waals surface area contributed by atoms with Crippen LogP contribution in [0, 0.1) is 13.8 Å². The molecule has 0 aromatic heterocycles. The molecule has 0 saturated carbocycles. The second-order valence-electron chi connectivity index (χ2n) is 5.25. The van der Waals surface area contributed by atoms with Gasteiger partial charge in [0.15, 0.2) is 11.9 Å². The van der Waals surface area contributed by atoms with E-state index in [0.717, 1.165) is 11.1 Å². The van der Waals surface area contributed by atoms with Gasteiger partial charge in [0.1, 0.15) is 0 Å². The molecule has 1 rings (SSSR count). The fraction of sp³-hybridized carbons (Fsp3) is 0.471. The van der Waals surface area contributed by atoms with Crippen molar-refractivity contribution >= 4 is 17.7 Å². The number of ether oxygens (including phenoxy) is 1. The second kappa shape index (κ2) is 8.32. The Kier molecular flexibility index (Phi) is 6.76. The first-order chi connectivity index (χ1) is 10.3. The van der Waals surface area contributed by atoms with E-state index in [1.54, 1.807) is 13.0 Å². The SMILES string of the molecule is CCNC(=O)[C@H](C)OC(=O)CCC(=O)c1ccc(C)c(C)c1. The lowest BCUT2D eigenvalue weighted by atomic mass is 10.0. The Morgan fingerprint density at radius 2 is 1.82 bits per heavy atom. The van der Waals surface area contributed by atoms with Gasteiger partial charge in [-0.3, -0.25) is 14.4 Å². The van der Waals surface area contributed by atoms with Crippen molar-refractivity contribution in [1.29, 1.82) is 0 Å². The van der Waals surface area contributed by atoms with E-state index in [0.29, 0.717) is 12.1 Å². The number of carbonyl (C=O) groups excluding carboxylic acids is 3. The molecule has 0 fully saturated rings. The Bertz CT molecular complexity index is 566. The van der Waals surface area contributed by atoms with E-state index in [1.165, 1.54) is 6.92 Å². The molecule has 1 amide bonds. The Balaban J connectivity index is 2.48. The van der Waals surface area contributed by atoms with Gasteiger partial charge >= 0.3 is 5.97 Å². The summed E-state index contributed by atoms with van der Waals surface area (Å²) in [7, 11) is 0.